The van der Waals surface area contributed by atoms with Gasteiger partial charge >= 0.3 is 5.97 Å². The van der Waals surface area contributed by atoms with Crippen LogP contribution < -0.4 is 0 Å². The zero-order valence-corrected chi connectivity index (χ0v) is 18.1. The highest BCUT2D eigenvalue weighted by atomic mass is 16.5. The number of nitrogens with one attached hydrogen (secondary N) is 1. The first-order valence-corrected chi connectivity index (χ1v) is 10.9. The van der Waals surface area contributed by atoms with E-state index in [0.29, 0.717) is 18.5 Å². The van der Waals surface area contributed by atoms with Gasteiger partial charge in [-0.05, 0) is 35.7 Å². The van der Waals surface area contributed by atoms with Crippen LogP contribution in [0.3, 0.4) is 0 Å². The molecule has 2 aliphatic heterocycles. The van der Waals surface area contributed by atoms with Gasteiger partial charge in [0.05, 0.1) is 25.3 Å². The molecule has 0 radical (unpaired) electrons. The van der Waals surface area contributed by atoms with Gasteiger partial charge in [-0.15, -0.1) is 0 Å². The van der Waals surface area contributed by atoms with Gasteiger partial charge in [0, 0.05) is 29.6 Å². The molecule has 7 heteroatoms. The van der Waals surface area contributed by atoms with Crippen LogP contribution in [0.25, 0.3) is 10.9 Å². The lowest BCUT2D eigenvalue weighted by molar-refractivity contribution is -0.158. The molecule has 5 rings (SSSR count). The number of aromatic amines is 1. The minimum atomic E-state index is -0.542. The van der Waals surface area contributed by atoms with Gasteiger partial charge in [0.1, 0.15) is 6.04 Å². The van der Waals surface area contributed by atoms with Gasteiger partial charge in [0.15, 0.2) is 0 Å². The van der Waals surface area contributed by atoms with Crippen molar-refractivity contribution in [2.45, 2.75) is 31.8 Å². The van der Waals surface area contributed by atoms with Crippen LogP contribution in [0.4, 0.5) is 0 Å². The van der Waals surface area contributed by atoms with Crippen LogP contribution in [0.5, 0.6) is 0 Å². The van der Waals surface area contributed by atoms with Gasteiger partial charge in [-0.2, -0.15) is 0 Å². The SMILES string of the molecule is CCCN1CC(=O)N2C(Cc3c([nH]c4ccccc34)C2c2ccc(C(=O)OC)cc2)C1=O. The summed E-state index contributed by atoms with van der Waals surface area (Å²) < 4.78 is 4.81. The molecule has 2 unspecified atom stereocenters. The third kappa shape index (κ3) is 3.07. The number of fused-ring (bicyclic) bond motifs is 4. The van der Waals surface area contributed by atoms with Gasteiger partial charge in [-0.3, -0.25) is 9.59 Å². The van der Waals surface area contributed by atoms with E-state index in [9.17, 15) is 14.4 Å². The number of esters is 1. The number of carbonyl (C=O) groups is 3. The Labute approximate surface area is 185 Å². The molecule has 0 spiro atoms. The molecule has 1 saturated heterocycles. The standard InChI is InChI=1S/C25H25N3O4/c1-3-12-27-14-21(29)28-20(24(27)30)13-18-17-6-4-5-7-19(17)26-22(18)23(28)15-8-10-16(11-9-15)25(31)32-2/h4-11,20,23,26H,3,12-14H2,1-2H3. The van der Waals surface area contributed by atoms with Crippen molar-refractivity contribution in [2.75, 3.05) is 20.2 Å². The summed E-state index contributed by atoms with van der Waals surface area (Å²) in [6, 6.07) is 14.1. The molecule has 164 valence electrons. The quantitative estimate of drug-likeness (QED) is 0.644. The number of amides is 2. The molecule has 2 amide bonds. The maximum absolute atomic E-state index is 13.4. The molecular formula is C25H25N3O4. The molecule has 2 aliphatic rings. The first-order valence-electron chi connectivity index (χ1n) is 10.9. The topological polar surface area (TPSA) is 82.7 Å². The summed E-state index contributed by atoms with van der Waals surface area (Å²) in [6.07, 6.45) is 1.30. The molecule has 0 bridgehead atoms. The molecule has 7 nitrogen and oxygen atoms in total. The minimum Gasteiger partial charge on any atom is -0.465 e. The molecule has 3 aromatic rings. The van der Waals surface area contributed by atoms with E-state index in [2.05, 4.69) is 11.1 Å². The van der Waals surface area contributed by atoms with Crippen LogP contribution >= 0.6 is 0 Å². The Morgan fingerprint density at radius 3 is 2.59 bits per heavy atom. The molecule has 3 heterocycles. The predicted octanol–water partition coefficient (Wildman–Crippen LogP) is 3.05. The molecule has 2 aromatic carbocycles. The average Bonchev–Trinajstić information content (AvgIpc) is 3.19. The zero-order valence-electron chi connectivity index (χ0n) is 18.1. The molecular weight excluding hydrogens is 406 g/mol. The molecule has 2 atom stereocenters. The van der Waals surface area contributed by atoms with E-state index in [1.165, 1.54) is 7.11 Å². The fourth-order valence-electron chi connectivity index (χ4n) is 5.05. The Morgan fingerprint density at radius 1 is 1.12 bits per heavy atom. The number of nitrogens with zero attached hydrogens (tertiary/aromatic N) is 2. The average molecular weight is 431 g/mol. The summed E-state index contributed by atoms with van der Waals surface area (Å²) in [4.78, 5) is 45.5. The van der Waals surface area contributed by atoms with Crippen molar-refractivity contribution in [3.05, 3.63) is 70.9 Å². The highest BCUT2D eigenvalue weighted by Gasteiger charge is 2.47. The number of aromatic nitrogens is 1. The van der Waals surface area contributed by atoms with E-state index in [0.717, 1.165) is 34.1 Å². The van der Waals surface area contributed by atoms with E-state index in [-0.39, 0.29) is 18.4 Å². The van der Waals surface area contributed by atoms with Crippen molar-refractivity contribution in [1.29, 1.82) is 0 Å². The Kier molecular flexibility index (Phi) is 4.96. The lowest BCUT2D eigenvalue weighted by atomic mass is 9.86. The number of hydrogen-bond donors (Lipinski definition) is 1. The number of rotatable bonds is 4. The van der Waals surface area contributed by atoms with Crippen LogP contribution in [-0.4, -0.2) is 58.8 Å². The van der Waals surface area contributed by atoms with E-state index >= 15 is 0 Å². The first-order chi connectivity index (χ1) is 15.5. The molecule has 1 fully saturated rings. The second kappa shape index (κ2) is 7.82. The van der Waals surface area contributed by atoms with Crippen molar-refractivity contribution >= 4 is 28.7 Å². The van der Waals surface area contributed by atoms with Crippen LogP contribution in [0, 0.1) is 0 Å². The largest absolute Gasteiger partial charge is 0.465 e. The molecule has 1 N–H and O–H groups in total. The van der Waals surface area contributed by atoms with Gasteiger partial charge in [0.25, 0.3) is 0 Å². The van der Waals surface area contributed by atoms with Gasteiger partial charge < -0.3 is 19.5 Å². The summed E-state index contributed by atoms with van der Waals surface area (Å²) in [6.45, 7) is 2.68. The van der Waals surface area contributed by atoms with Crippen LogP contribution in [0.2, 0.25) is 0 Å². The van der Waals surface area contributed by atoms with Crippen LogP contribution in [0.15, 0.2) is 48.5 Å². The number of para-hydroxylation sites is 1. The second-order valence-electron chi connectivity index (χ2n) is 8.36. The fourth-order valence-corrected chi connectivity index (χ4v) is 5.05. The third-order valence-corrected chi connectivity index (χ3v) is 6.48. The Balaban J connectivity index is 1.66. The van der Waals surface area contributed by atoms with Crippen molar-refractivity contribution < 1.29 is 19.1 Å². The van der Waals surface area contributed by atoms with E-state index in [1.54, 1.807) is 21.9 Å². The van der Waals surface area contributed by atoms with Crippen molar-refractivity contribution in [1.82, 2.24) is 14.8 Å². The number of benzene rings is 2. The van der Waals surface area contributed by atoms with Crippen molar-refractivity contribution in [3.8, 4) is 0 Å². The number of methoxy groups -OCH3 is 1. The number of H-pyrrole nitrogens is 1. The number of piperazine rings is 1. The Bertz CT molecular complexity index is 1210. The van der Waals surface area contributed by atoms with Crippen LogP contribution in [0.1, 0.15) is 46.6 Å². The number of carbonyl (C=O) groups excluding carboxylic acids is 3. The number of ether oxygens (including phenoxy) is 1. The van der Waals surface area contributed by atoms with Gasteiger partial charge in [-0.25, -0.2) is 4.79 Å². The van der Waals surface area contributed by atoms with Gasteiger partial charge in [0.2, 0.25) is 11.8 Å². The fraction of sp³-hybridized carbons (Fsp3) is 0.320. The molecule has 1 aromatic heterocycles. The van der Waals surface area contributed by atoms with Gasteiger partial charge in [-0.1, -0.05) is 37.3 Å². The van der Waals surface area contributed by atoms with Crippen molar-refractivity contribution in [2.24, 2.45) is 0 Å². The molecule has 0 saturated carbocycles. The normalized spacial score (nSPS) is 20.3. The summed E-state index contributed by atoms with van der Waals surface area (Å²) >= 11 is 0. The zero-order chi connectivity index (χ0) is 22.4. The maximum atomic E-state index is 13.4. The van der Waals surface area contributed by atoms with Crippen molar-refractivity contribution in [3.63, 3.8) is 0 Å². The predicted molar refractivity (Wildman–Crippen MR) is 119 cm³/mol. The first kappa shape index (κ1) is 20.3. The minimum absolute atomic E-state index is 0.00133. The third-order valence-electron chi connectivity index (χ3n) is 6.48. The van der Waals surface area contributed by atoms with E-state index in [4.69, 9.17) is 4.74 Å². The summed E-state index contributed by atoms with van der Waals surface area (Å²) in [5.41, 5.74) is 4.27. The Morgan fingerprint density at radius 2 is 1.88 bits per heavy atom. The summed E-state index contributed by atoms with van der Waals surface area (Å²) in [5.74, 6) is -0.475. The molecule has 32 heavy (non-hydrogen) atoms. The highest BCUT2D eigenvalue weighted by Crippen LogP contribution is 2.42. The smallest absolute Gasteiger partial charge is 0.337 e. The van der Waals surface area contributed by atoms with Crippen LogP contribution in [-0.2, 0) is 20.7 Å². The second-order valence-corrected chi connectivity index (χ2v) is 8.36. The summed E-state index contributed by atoms with van der Waals surface area (Å²) in [7, 11) is 1.35. The lowest BCUT2D eigenvalue weighted by Gasteiger charge is -2.47. The summed E-state index contributed by atoms with van der Waals surface area (Å²) in [5, 5.41) is 1.08. The maximum Gasteiger partial charge on any atom is 0.337 e. The lowest BCUT2D eigenvalue weighted by Crippen LogP contribution is -2.63. The van der Waals surface area contributed by atoms with E-state index in [1.807, 2.05) is 37.3 Å². The van der Waals surface area contributed by atoms with E-state index < -0.39 is 18.1 Å². The highest BCUT2D eigenvalue weighted by molar-refractivity contribution is 5.97. The molecule has 0 aliphatic carbocycles. The monoisotopic (exact) mass is 431 g/mol. The number of hydrogen-bond acceptors (Lipinski definition) is 4. The Hall–Kier alpha value is -3.61.